The molecule has 3 heterocycles. The van der Waals surface area contributed by atoms with Gasteiger partial charge in [-0.15, -0.1) is 12.4 Å². The number of hydrogen-bond acceptors (Lipinski definition) is 6. The molecule has 8 heteroatoms. The van der Waals surface area contributed by atoms with E-state index >= 15 is 0 Å². The fourth-order valence-corrected chi connectivity index (χ4v) is 3.18. The number of hydrogen-bond donors (Lipinski definition) is 1. The number of para-hydroxylation sites is 1. The van der Waals surface area contributed by atoms with E-state index in [0.29, 0.717) is 28.1 Å². The average Bonchev–Trinajstić information content (AvgIpc) is 3.14. The Hall–Kier alpha value is -1.60. The Morgan fingerprint density at radius 1 is 1.38 bits per heavy atom. The Labute approximate surface area is 150 Å². The highest BCUT2D eigenvalue weighted by atomic mass is 35.5. The van der Waals surface area contributed by atoms with Gasteiger partial charge in [-0.1, -0.05) is 28.9 Å². The van der Waals surface area contributed by atoms with E-state index in [2.05, 4.69) is 27.4 Å². The predicted octanol–water partition coefficient (Wildman–Crippen LogP) is 3.44. The molecule has 0 radical (unpaired) electrons. The molecule has 1 aliphatic rings. The first-order valence-corrected chi connectivity index (χ1v) is 7.95. The van der Waals surface area contributed by atoms with Gasteiger partial charge in [-0.05, 0) is 20.0 Å². The minimum atomic E-state index is 0. The quantitative estimate of drug-likeness (QED) is 0.747. The number of rotatable bonds is 2. The first-order chi connectivity index (χ1) is 11.1. The Bertz CT molecular complexity index is 861. The van der Waals surface area contributed by atoms with E-state index in [-0.39, 0.29) is 18.4 Å². The Kier molecular flexibility index (Phi) is 4.83. The van der Waals surface area contributed by atoms with E-state index in [1.54, 1.807) is 6.07 Å². The first kappa shape index (κ1) is 17.2. The van der Waals surface area contributed by atoms with Gasteiger partial charge in [0, 0.05) is 30.6 Å². The van der Waals surface area contributed by atoms with Crippen molar-refractivity contribution in [1.29, 1.82) is 0 Å². The van der Waals surface area contributed by atoms with Gasteiger partial charge >= 0.3 is 0 Å². The number of aryl methyl sites for hydroxylation is 1. The van der Waals surface area contributed by atoms with Gasteiger partial charge in [0.1, 0.15) is 0 Å². The highest BCUT2D eigenvalue weighted by molar-refractivity contribution is 6.35. The zero-order valence-corrected chi connectivity index (χ0v) is 14.9. The minimum absolute atomic E-state index is 0. The van der Waals surface area contributed by atoms with E-state index in [4.69, 9.17) is 20.5 Å². The second-order valence-electron chi connectivity index (χ2n) is 5.83. The predicted molar refractivity (Wildman–Crippen MR) is 94.7 cm³/mol. The lowest BCUT2D eigenvalue weighted by molar-refractivity contribution is 0.190. The molecule has 1 N–H and O–H groups in total. The lowest BCUT2D eigenvalue weighted by atomic mass is 10.1. The third kappa shape index (κ3) is 2.80. The third-order valence-corrected chi connectivity index (χ3v) is 4.66. The van der Waals surface area contributed by atoms with Crippen molar-refractivity contribution in [3.8, 4) is 11.7 Å². The lowest BCUT2D eigenvalue weighted by Gasteiger charge is -2.30. The summed E-state index contributed by atoms with van der Waals surface area (Å²) >= 11 is 6.20. The van der Waals surface area contributed by atoms with Gasteiger partial charge in [-0.2, -0.15) is 4.98 Å². The molecular formula is C16H18Cl2N4O2. The maximum absolute atomic E-state index is 6.20. The maximum Gasteiger partial charge on any atom is 0.294 e. The van der Waals surface area contributed by atoms with Crippen molar-refractivity contribution in [3.63, 3.8) is 0 Å². The number of aromatic nitrogens is 2. The monoisotopic (exact) mass is 368 g/mol. The van der Waals surface area contributed by atoms with Crippen LogP contribution in [0, 0.1) is 6.92 Å². The van der Waals surface area contributed by atoms with Crippen molar-refractivity contribution in [3.05, 3.63) is 34.6 Å². The molecule has 0 saturated carbocycles. The number of nitrogens with zero attached hydrogens (tertiary/aromatic N) is 3. The summed E-state index contributed by atoms with van der Waals surface area (Å²) in [5.74, 6) is 1.64. The highest BCUT2D eigenvalue weighted by Crippen LogP contribution is 2.36. The van der Waals surface area contributed by atoms with Gasteiger partial charge in [-0.3, -0.25) is 4.90 Å². The molecule has 1 fully saturated rings. The summed E-state index contributed by atoms with van der Waals surface area (Å²) in [6, 6.07) is 5.78. The Balaban J connectivity index is 0.00000169. The van der Waals surface area contributed by atoms with Crippen molar-refractivity contribution in [2.24, 2.45) is 0 Å². The van der Waals surface area contributed by atoms with Crippen LogP contribution >= 0.6 is 24.0 Å². The van der Waals surface area contributed by atoms with Crippen molar-refractivity contribution in [2.45, 2.75) is 13.0 Å². The van der Waals surface area contributed by atoms with Gasteiger partial charge < -0.3 is 14.3 Å². The molecule has 1 saturated heterocycles. The molecule has 3 aromatic rings. The number of benzene rings is 1. The van der Waals surface area contributed by atoms with Crippen molar-refractivity contribution in [1.82, 2.24) is 20.4 Å². The van der Waals surface area contributed by atoms with E-state index < -0.39 is 0 Å². The third-order valence-electron chi connectivity index (χ3n) is 4.36. The summed E-state index contributed by atoms with van der Waals surface area (Å²) in [6.45, 7) is 4.70. The second kappa shape index (κ2) is 6.72. The van der Waals surface area contributed by atoms with Crippen LogP contribution in [0.2, 0.25) is 5.02 Å². The number of nitrogens with one attached hydrogen (secondary N) is 1. The van der Waals surface area contributed by atoms with Crippen LogP contribution in [0.4, 0.5) is 0 Å². The molecule has 1 atom stereocenters. The molecule has 0 amide bonds. The van der Waals surface area contributed by atoms with Crippen LogP contribution in [0.3, 0.4) is 0 Å². The van der Waals surface area contributed by atoms with Crippen LogP contribution in [0.1, 0.15) is 17.4 Å². The Morgan fingerprint density at radius 3 is 2.96 bits per heavy atom. The van der Waals surface area contributed by atoms with Crippen LogP contribution in [-0.2, 0) is 0 Å². The fourth-order valence-electron chi connectivity index (χ4n) is 2.97. The first-order valence-electron chi connectivity index (χ1n) is 7.57. The van der Waals surface area contributed by atoms with E-state index in [9.17, 15) is 0 Å². The van der Waals surface area contributed by atoms with Gasteiger partial charge in [0.2, 0.25) is 0 Å². The summed E-state index contributed by atoms with van der Waals surface area (Å²) in [7, 11) is 2.06. The number of furan rings is 1. The highest BCUT2D eigenvalue weighted by Gasteiger charge is 2.27. The average molecular weight is 369 g/mol. The van der Waals surface area contributed by atoms with E-state index in [1.807, 2.05) is 19.1 Å². The lowest BCUT2D eigenvalue weighted by Crippen LogP contribution is -2.44. The topological polar surface area (TPSA) is 67.3 Å². The molecule has 1 aromatic carbocycles. The molecule has 6 nitrogen and oxygen atoms in total. The van der Waals surface area contributed by atoms with Crippen LogP contribution in [0.15, 0.2) is 27.1 Å². The standard InChI is InChI=1S/C16H17ClN4O2.ClH/c1-9-10-4-3-5-11(17)14(10)22-13(9)16-19-15(20-23-16)12-8-18-6-7-21(12)2;/h3-5,12,18H,6-8H2,1-2H3;1H. The SMILES string of the molecule is Cc1c(-c2nc(C3CNCCN3C)no2)oc2c(Cl)cccc12.Cl. The molecule has 0 spiro atoms. The van der Waals surface area contributed by atoms with E-state index in [0.717, 1.165) is 30.6 Å². The number of fused-ring (bicyclic) bond motifs is 1. The number of likely N-dealkylation sites (N-methyl/N-ethyl adjacent to an activating group) is 1. The summed E-state index contributed by atoms with van der Waals surface area (Å²) in [4.78, 5) is 6.76. The van der Waals surface area contributed by atoms with Gasteiger partial charge in [0.25, 0.3) is 5.89 Å². The molecular weight excluding hydrogens is 351 g/mol. The van der Waals surface area contributed by atoms with Crippen LogP contribution < -0.4 is 5.32 Å². The van der Waals surface area contributed by atoms with E-state index in [1.165, 1.54) is 0 Å². The fraction of sp³-hybridized carbons (Fsp3) is 0.375. The molecule has 1 unspecified atom stereocenters. The van der Waals surface area contributed by atoms with Crippen molar-refractivity contribution in [2.75, 3.05) is 26.7 Å². The largest absolute Gasteiger partial charge is 0.449 e. The zero-order valence-electron chi connectivity index (χ0n) is 13.4. The zero-order chi connectivity index (χ0) is 16.0. The number of halogens is 2. The molecule has 0 bridgehead atoms. The molecule has 4 rings (SSSR count). The van der Waals surface area contributed by atoms with Crippen molar-refractivity contribution >= 4 is 35.0 Å². The Morgan fingerprint density at radius 2 is 2.21 bits per heavy atom. The molecule has 24 heavy (non-hydrogen) atoms. The van der Waals surface area contributed by atoms with Crippen LogP contribution in [0.5, 0.6) is 0 Å². The second-order valence-corrected chi connectivity index (χ2v) is 6.24. The minimum Gasteiger partial charge on any atom is -0.449 e. The van der Waals surface area contributed by atoms with Gasteiger partial charge in [-0.25, -0.2) is 0 Å². The normalized spacial score (nSPS) is 18.7. The van der Waals surface area contributed by atoms with Gasteiger partial charge in [0.15, 0.2) is 17.2 Å². The smallest absolute Gasteiger partial charge is 0.294 e. The van der Waals surface area contributed by atoms with Crippen LogP contribution in [0.25, 0.3) is 22.6 Å². The molecule has 1 aliphatic heterocycles. The summed E-state index contributed by atoms with van der Waals surface area (Å²) in [5, 5.41) is 9.03. The maximum atomic E-state index is 6.20. The summed E-state index contributed by atoms with van der Waals surface area (Å²) in [5.41, 5.74) is 1.60. The summed E-state index contributed by atoms with van der Waals surface area (Å²) < 4.78 is 11.3. The number of piperazine rings is 1. The van der Waals surface area contributed by atoms with Gasteiger partial charge in [0.05, 0.1) is 11.1 Å². The molecule has 0 aliphatic carbocycles. The van der Waals surface area contributed by atoms with Crippen molar-refractivity contribution < 1.29 is 8.94 Å². The summed E-state index contributed by atoms with van der Waals surface area (Å²) in [6.07, 6.45) is 0. The molecule has 128 valence electrons. The molecule has 2 aromatic heterocycles. The van der Waals surface area contributed by atoms with Crippen LogP contribution in [-0.4, -0.2) is 41.7 Å².